The van der Waals surface area contributed by atoms with Crippen molar-refractivity contribution in [1.29, 1.82) is 0 Å². The van der Waals surface area contributed by atoms with Gasteiger partial charge >= 0.3 is 0 Å². The Hall–Kier alpha value is -1.22. The minimum absolute atomic E-state index is 0.302. The molecule has 0 aliphatic heterocycles. The molecular formula is C19H21Cl2NO. The lowest BCUT2D eigenvalue weighted by Crippen LogP contribution is -2.35. The van der Waals surface area contributed by atoms with E-state index in [1.165, 1.54) is 16.7 Å². The molecule has 0 aromatic heterocycles. The van der Waals surface area contributed by atoms with Crippen LogP contribution >= 0.6 is 23.2 Å². The Bertz CT molecular complexity index is 715. The molecule has 122 valence electrons. The van der Waals surface area contributed by atoms with E-state index in [-0.39, 0.29) is 0 Å². The largest absolute Gasteiger partial charge is 0.495 e. The average molecular weight is 350 g/mol. The second kappa shape index (κ2) is 6.72. The van der Waals surface area contributed by atoms with Crippen molar-refractivity contribution in [2.75, 3.05) is 21.2 Å². The van der Waals surface area contributed by atoms with Crippen LogP contribution in [0.25, 0.3) is 0 Å². The Morgan fingerprint density at radius 1 is 1.13 bits per heavy atom. The van der Waals surface area contributed by atoms with E-state index in [9.17, 15) is 0 Å². The molecule has 2 aromatic rings. The molecule has 2 aromatic carbocycles. The SMILES string of the molecule is COc1cc2c(cc1Cl)C[C@H](N(C)C)C[C@H]2c1cccc(Cl)c1. The van der Waals surface area contributed by atoms with E-state index < -0.39 is 0 Å². The number of halogens is 2. The highest BCUT2D eigenvalue weighted by Gasteiger charge is 2.30. The van der Waals surface area contributed by atoms with Crippen LogP contribution in [0.1, 0.15) is 29.0 Å². The van der Waals surface area contributed by atoms with Gasteiger partial charge in [-0.25, -0.2) is 0 Å². The summed E-state index contributed by atoms with van der Waals surface area (Å²) in [5.41, 5.74) is 3.84. The quantitative estimate of drug-likeness (QED) is 0.772. The Kier molecular flexibility index (Phi) is 4.86. The summed E-state index contributed by atoms with van der Waals surface area (Å²) in [5.74, 6) is 1.04. The van der Waals surface area contributed by atoms with Crippen LogP contribution in [0.3, 0.4) is 0 Å². The molecule has 3 rings (SSSR count). The average Bonchev–Trinajstić information content (AvgIpc) is 2.52. The van der Waals surface area contributed by atoms with Crippen LogP contribution in [0.15, 0.2) is 36.4 Å². The Morgan fingerprint density at radius 2 is 1.91 bits per heavy atom. The van der Waals surface area contributed by atoms with Crippen LogP contribution in [0, 0.1) is 0 Å². The van der Waals surface area contributed by atoms with Crippen LogP contribution in [-0.2, 0) is 6.42 Å². The number of methoxy groups -OCH3 is 1. The van der Waals surface area contributed by atoms with Crippen molar-refractivity contribution < 1.29 is 4.74 Å². The summed E-state index contributed by atoms with van der Waals surface area (Å²) >= 11 is 12.6. The maximum Gasteiger partial charge on any atom is 0.137 e. The Labute approximate surface area is 148 Å². The van der Waals surface area contributed by atoms with Gasteiger partial charge in [0.15, 0.2) is 0 Å². The van der Waals surface area contributed by atoms with E-state index in [2.05, 4.69) is 43.3 Å². The first kappa shape index (κ1) is 16.6. The first-order valence-corrected chi connectivity index (χ1v) is 8.53. The zero-order chi connectivity index (χ0) is 16.6. The molecule has 0 N–H and O–H groups in total. The molecule has 0 saturated carbocycles. The lowest BCUT2D eigenvalue weighted by atomic mass is 9.76. The maximum atomic E-state index is 6.35. The topological polar surface area (TPSA) is 12.5 Å². The van der Waals surface area contributed by atoms with Gasteiger partial charge in [0.05, 0.1) is 12.1 Å². The van der Waals surface area contributed by atoms with E-state index in [4.69, 9.17) is 27.9 Å². The fourth-order valence-corrected chi connectivity index (χ4v) is 3.90. The molecule has 4 heteroatoms. The molecule has 2 nitrogen and oxygen atoms in total. The van der Waals surface area contributed by atoms with Crippen molar-refractivity contribution in [1.82, 2.24) is 4.90 Å². The third-order valence-corrected chi connectivity index (χ3v) is 5.26. The fourth-order valence-electron chi connectivity index (χ4n) is 3.44. The van der Waals surface area contributed by atoms with E-state index in [1.807, 2.05) is 12.1 Å². The molecule has 0 spiro atoms. The zero-order valence-electron chi connectivity index (χ0n) is 13.6. The van der Waals surface area contributed by atoms with E-state index in [1.54, 1.807) is 7.11 Å². The van der Waals surface area contributed by atoms with Gasteiger partial charge < -0.3 is 9.64 Å². The molecule has 0 unspecified atom stereocenters. The number of benzene rings is 2. The minimum Gasteiger partial charge on any atom is -0.495 e. The highest BCUT2D eigenvalue weighted by atomic mass is 35.5. The van der Waals surface area contributed by atoms with Gasteiger partial charge in [0, 0.05) is 17.0 Å². The van der Waals surface area contributed by atoms with Crippen LogP contribution in [0.2, 0.25) is 10.0 Å². The van der Waals surface area contributed by atoms with Crippen molar-refractivity contribution in [3.63, 3.8) is 0 Å². The smallest absolute Gasteiger partial charge is 0.137 e. The lowest BCUT2D eigenvalue weighted by Gasteiger charge is -2.36. The molecule has 0 saturated heterocycles. The number of hydrogen-bond acceptors (Lipinski definition) is 2. The standard InChI is InChI=1S/C19H21Cl2NO/c1-22(2)15-8-13-9-18(21)19(23-3)11-17(13)16(10-15)12-5-4-6-14(20)7-12/h4-7,9,11,15-16H,8,10H2,1-3H3/t15-,16-/m0/s1. The van der Waals surface area contributed by atoms with Gasteiger partial charge in [-0.3, -0.25) is 0 Å². The second-order valence-corrected chi connectivity index (χ2v) is 7.19. The molecule has 0 heterocycles. The van der Waals surface area contributed by atoms with E-state index in [0.717, 1.165) is 23.6 Å². The summed E-state index contributed by atoms with van der Waals surface area (Å²) in [6.07, 6.45) is 2.06. The van der Waals surface area contributed by atoms with Crippen LogP contribution in [0.4, 0.5) is 0 Å². The highest BCUT2D eigenvalue weighted by Crippen LogP contribution is 2.42. The molecule has 0 amide bonds. The zero-order valence-corrected chi connectivity index (χ0v) is 15.2. The molecule has 2 atom stereocenters. The van der Waals surface area contributed by atoms with Gasteiger partial charge in [0.2, 0.25) is 0 Å². The van der Waals surface area contributed by atoms with Crippen molar-refractivity contribution in [3.05, 3.63) is 63.1 Å². The van der Waals surface area contributed by atoms with Gasteiger partial charge in [0.25, 0.3) is 0 Å². The van der Waals surface area contributed by atoms with Gasteiger partial charge in [-0.2, -0.15) is 0 Å². The third kappa shape index (κ3) is 3.35. The lowest BCUT2D eigenvalue weighted by molar-refractivity contribution is 0.258. The summed E-state index contributed by atoms with van der Waals surface area (Å²) in [6, 6.07) is 12.8. The fraction of sp³-hybridized carbons (Fsp3) is 0.368. The van der Waals surface area contributed by atoms with E-state index >= 15 is 0 Å². The maximum absolute atomic E-state index is 6.35. The number of hydrogen-bond donors (Lipinski definition) is 0. The monoisotopic (exact) mass is 349 g/mol. The van der Waals surface area contributed by atoms with E-state index in [0.29, 0.717) is 17.0 Å². The molecule has 0 radical (unpaired) electrons. The second-order valence-electron chi connectivity index (χ2n) is 6.35. The Balaban J connectivity index is 2.12. The third-order valence-electron chi connectivity index (χ3n) is 4.73. The summed E-state index contributed by atoms with van der Waals surface area (Å²) in [7, 11) is 5.93. The summed E-state index contributed by atoms with van der Waals surface area (Å²) in [4.78, 5) is 2.29. The summed E-state index contributed by atoms with van der Waals surface area (Å²) in [6.45, 7) is 0. The first-order valence-electron chi connectivity index (χ1n) is 7.77. The number of likely N-dealkylation sites (N-methyl/N-ethyl adjacent to an activating group) is 1. The molecule has 23 heavy (non-hydrogen) atoms. The van der Waals surface area contributed by atoms with Crippen LogP contribution < -0.4 is 4.74 Å². The number of fused-ring (bicyclic) bond motifs is 1. The number of nitrogens with zero attached hydrogens (tertiary/aromatic N) is 1. The van der Waals surface area contributed by atoms with Crippen LogP contribution in [-0.4, -0.2) is 32.1 Å². The van der Waals surface area contributed by atoms with Gasteiger partial charge in [0.1, 0.15) is 5.75 Å². The van der Waals surface area contributed by atoms with Gasteiger partial charge in [-0.1, -0.05) is 35.3 Å². The molecular weight excluding hydrogens is 329 g/mol. The normalized spacial score (nSPS) is 20.4. The predicted molar refractivity (Wildman–Crippen MR) is 97.1 cm³/mol. The number of ether oxygens (including phenoxy) is 1. The molecule has 0 fully saturated rings. The van der Waals surface area contributed by atoms with Gasteiger partial charge in [-0.05, 0) is 67.9 Å². The van der Waals surface area contributed by atoms with Crippen LogP contribution in [0.5, 0.6) is 5.75 Å². The minimum atomic E-state index is 0.302. The summed E-state index contributed by atoms with van der Waals surface area (Å²) in [5, 5.41) is 1.45. The first-order chi connectivity index (χ1) is 11.0. The number of rotatable bonds is 3. The van der Waals surface area contributed by atoms with Crippen molar-refractivity contribution in [2.45, 2.75) is 24.8 Å². The molecule has 1 aliphatic carbocycles. The van der Waals surface area contributed by atoms with Crippen molar-refractivity contribution in [2.24, 2.45) is 0 Å². The predicted octanol–water partition coefficient (Wildman–Crippen LogP) is 5.01. The van der Waals surface area contributed by atoms with Crippen molar-refractivity contribution in [3.8, 4) is 5.75 Å². The van der Waals surface area contributed by atoms with Gasteiger partial charge in [-0.15, -0.1) is 0 Å². The highest BCUT2D eigenvalue weighted by molar-refractivity contribution is 6.32. The Morgan fingerprint density at radius 3 is 2.57 bits per heavy atom. The van der Waals surface area contributed by atoms with Crippen molar-refractivity contribution >= 4 is 23.2 Å². The summed E-state index contributed by atoms with van der Waals surface area (Å²) < 4.78 is 5.42. The molecule has 1 aliphatic rings. The molecule has 0 bridgehead atoms.